The van der Waals surface area contributed by atoms with Crippen molar-refractivity contribution < 1.29 is 45.4 Å². The van der Waals surface area contributed by atoms with E-state index in [9.17, 15) is 22.0 Å². The molecular weight excluding hydrogens is 868 g/mol. The summed E-state index contributed by atoms with van der Waals surface area (Å²) in [6.45, 7) is 19.6. The molecule has 0 radical (unpaired) electrons. The van der Waals surface area contributed by atoms with Crippen LogP contribution >= 0.6 is 11.6 Å². The number of carbonyl (C=O) groups is 2. The van der Waals surface area contributed by atoms with Crippen LogP contribution in [0.5, 0.6) is 11.6 Å². The summed E-state index contributed by atoms with van der Waals surface area (Å²) in [7, 11) is -5.54. The number of carbonyl (C=O) groups excluding carboxylic acids is 2. The molecule has 11 nitrogen and oxygen atoms in total. The van der Waals surface area contributed by atoms with Crippen LogP contribution in [0, 0.1) is 18.6 Å². The minimum Gasteiger partial charge on any atom is -0.489 e. The molecule has 0 spiro atoms. The van der Waals surface area contributed by atoms with E-state index in [1.807, 2.05) is 42.2 Å². The summed E-state index contributed by atoms with van der Waals surface area (Å²) >= 11 is 5.92. The fourth-order valence-electron chi connectivity index (χ4n) is 7.78. The van der Waals surface area contributed by atoms with Gasteiger partial charge in [-0.2, -0.15) is 0 Å². The number of amides is 2. The number of halogens is 3. The standard InChI is InChI=1S/C47H62ClF2N3O8SSi/c1-30-33(21-22-51-43(30)59-24-11-25-60-63(8,9)47(5,6)7)27-52(34-17-18-34)44(54)40-36(26-35-28-62(56,57)29-39(40)53(35)45(55)61-46(2,3)4)32-15-13-31(14-16-32)12-10-23-58-42-38(50)20-19-37(49)41(42)48/h13-16,19-22,34-35,39H,10-12,17-18,23-29H2,1-9H3. The minimum atomic E-state index is -3.65. The lowest BCUT2D eigenvalue weighted by atomic mass is 9.84. The lowest BCUT2D eigenvalue weighted by molar-refractivity contribution is -0.129. The Bertz CT molecular complexity index is 2310. The molecule has 3 aromatic rings. The van der Waals surface area contributed by atoms with Crippen LogP contribution in [0.2, 0.25) is 23.2 Å². The monoisotopic (exact) mass is 929 g/mol. The lowest BCUT2D eigenvalue weighted by Crippen LogP contribution is -2.62. The Hall–Kier alpha value is -4.05. The number of fused-ring (bicyclic) bond motifs is 2. The van der Waals surface area contributed by atoms with Crippen molar-refractivity contribution in [2.24, 2.45) is 0 Å². The van der Waals surface area contributed by atoms with Crippen LogP contribution < -0.4 is 9.47 Å². The van der Waals surface area contributed by atoms with Crippen LogP contribution in [0.25, 0.3) is 5.57 Å². The molecule has 3 aliphatic rings. The number of pyridine rings is 1. The molecule has 1 aliphatic carbocycles. The van der Waals surface area contributed by atoms with E-state index in [0.29, 0.717) is 43.9 Å². The molecule has 2 unspecified atom stereocenters. The third-order valence-corrected chi connectivity index (χ3v) is 18.9. The first-order valence-corrected chi connectivity index (χ1v) is 26.9. The maximum Gasteiger partial charge on any atom is 0.411 e. The van der Waals surface area contributed by atoms with E-state index in [2.05, 4.69) is 38.8 Å². The molecule has 6 rings (SSSR count). The van der Waals surface area contributed by atoms with E-state index < -0.39 is 64.3 Å². The second kappa shape index (κ2) is 19.2. The quantitative estimate of drug-likeness (QED) is 0.0785. The van der Waals surface area contributed by atoms with Gasteiger partial charge in [-0.25, -0.2) is 27.0 Å². The van der Waals surface area contributed by atoms with Crippen molar-refractivity contribution >= 4 is 47.3 Å². The Morgan fingerprint density at radius 3 is 2.24 bits per heavy atom. The van der Waals surface area contributed by atoms with E-state index >= 15 is 4.79 Å². The van der Waals surface area contributed by atoms with Crippen molar-refractivity contribution in [1.29, 1.82) is 0 Å². The molecule has 16 heteroatoms. The van der Waals surface area contributed by atoms with E-state index in [1.54, 1.807) is 27.0 Å². The first kappa shape index (κ1) is 48.4. The van der Waals surface area contributed by atoms with Crippen molar-refractivity contribution in [3.8, 4) is 11.6 Å². The van der Waals surface area contributed by atoms with Crippen molar-refractivity contribution in [2.45, 2.75) is 135 Å². The highest BCUT2D eigenvalue weighted by atomic mass is 35.5. The minimum absolute atomic E-state index is 0.0797. The topological polar surface area (TPSA) is 125 Å². The van der Waals surface area contributed by atoms with E-state index in [1.165, 1.54) is 4.90 Å². The molecule has 344 valence electrons. The number of hydrogen-bond donors (Lipinski definition) is 0. The first-order valence-electron chi connectivity index (χ1n) is 21.8. The number of nitrogens with zero attached hydrogens (tertiary/aromatic N) is 3. The summed E-state index contributed by atoms with van der Waals surface area (Å²) in [5.74, 6) is -2.35. The normalized spacial score (nSPS) is 18.9. The summed E-state index contributed by atoms with van der Waals surface area (Å²) in [4.78, 5) is 37.1. The lowest BCUT2D eigenvalue weighted by Gasteiger charge is -2.47. The Morgan fingerprint density at radius 2 is 1.59 bits per heavy atom. The van der Waals surface area contributed by atoms with Crippen LogP contribution in [0.4, 0.5) is 13.6 Å². The zero-order chi connectivity index (χ0) is 46.1. The molecule has 1 saturated carbocycles. The third-order valence-electron chi connectivity index (χ3n) is 12.3. The summed E-state index contributed by atoms with van der Waals surface area (Å²) in [6.07, 6.45) is 4.45. The second-order valence-electron chi connectivity index (χ2n) is 19.4. The smallest absolute Gasteiger partial charge is 0.411 e. The molecule has 2 bridgehead atoms. The number of benzene rings is 2. The fourth-order valence-corrected chi connectivity index (χ4v) is 10.9. The van der Waals surface area contributed by atoms with Gasteiger partial charge in [-0.3, -0.25) is 9.69 Å². The van der Waals surface area contributed by atoms with E-state index in [4.69, 9.17) is 30.2 Å². The van der Waals surface area contributed by atoms with Gasteiger partial charge in [0.1, 0.15) is 16.4 Å². The van der Waals surface area contributed by atoms with Crippen molar-refractivity contribution in [1.82, 2.24) is 14.8 Å². The molecule has 2 atom stereocenters. The molecule has 63 heavy (non-hydrogen) atoms. The van der Waals surface area contributed by atoms with Gasteiger partial charge in [-0.05, 0) is 118 Å². The largest absolute Gasteiger partial charge is 0.489 e. The zero-order valence-electron chi connectivity index (χ0n) is 38.0. The Balaban J connectivity index is 1.27. The number of rotatable bonds is 16. The van der Waals surface area contributed by atoms with Gasteiger partial charge in [0.05, 0.1) is 36.8 Å². The van der Waals surface area contributed by atoms with Gasteiger partial charge in [0.25, 0.3) is 5.91 Å². The highest BCUT2D eigenvalue weighted by molar-refractivity contribution is 7.91. The Kier molecular flexibility index (Phi) is 14.7. The van der Waals surface area contributed by atoms with Gasteiger partial charge in [0, 0.05) is 42.9 Å². The van der Waals surface area contributed by atoms with E-state index in [0.717, 1.165) is 47.2 Å². The molecule has 2 amide bonds. The number of aryl methyl sites for hydroxylation is 1. The van der Waals surface area contributed by atoms with Crippen LogP contribution in [0.3, 0.4) is 0 Å². The predicted molar refractivity (Wildman–Crippen MR) is 243 cm³/mol. The van der Waals surface area contributed by atoms with E-state index in [-0.39, 0.29) is 53.6 Å². The maximum atomic E-state index is 15.3. The summed E-state index contributed by atoms with van der Waals surface area (Å²) in [6, 6.07) is 9.56. The molecule has 1 aromatic heterocycles. The van der Waals surface area contributed by atoms with Crippen molar-refractivity contribution in [3.05, 3.63) is 93.1 Å². The van der Waals surface area contributed by atoms with Gasteiger partial charge in [-0.15, -0.1) is 0 Å². The highest BCUT2D eigenvalue weighted by Gasteiger charge is 2.51. The van der Waals surface area contributed by atoms with Crippen LogP contribution in [-0.2, 0) is 36.8 Å². The highest BCUT2D eigenvalue weighted by Crippen LogP contribution is 2.43. The summed E-state index contributed by atoms with van der Waals surface area (Å²) < 4.78 is 79.0. The molecule has 2 aromatic carbocycles. The zero-order valence-corrected chi connectivity index (χ0v) is 40.6. The van der Waals surface area contributed by atoms with Crippen molar-refractivity contribution in [2.75, 3.05) is 31.3 Å². The summed E-state index contributed by atoms with van der Waals surface area (Å²) in [5, 5.41) is -0.298. The molecule has 2 aliphatic heterocycles. The Morgan fingerprint density at radius 1 is 0.921 bits per heavy atom. The van der Waals surface area contributed by atoms with Gasteiger partial charge < -0.3 is 23.5 Å². The fraction of sp³-hybridized carbons (Fsp3) is 0.553. The maximum absolute atomic E-state index is 15.3. The number of ether oxygens (including phenoxy) is 3. The molecule has 0 N–H and O–H groups in total. The Labute approximate surface area is 377 Å². The SMILES string of the molecule is Cc1c(CN(C(=O)C2=C(c3ccc(CCCOc4c(F)ccc(F)c4Cl)cc3)CC3CS(=O)(=O)CC2N3C(=O)OC(C)(C)C)C2CC2)ccnc1OCCCO[Si](C)(C)C(C)(C)C. The first-order chi connectivity index (χ1) is 29.5. The third kappa shape index (κ3) is 11.8. The number of aromatic nitrogens is 1. The molecule has 2 fully saturated rings. The average molecular weight is 931 g/mol. The average Bonchev–Trinajstić information content (AvgIpc) is 4.03. The van der Waals surface area contributed by atoms with Gasteiger partial charge in [-0.1, -0.05) is 56.6 Å². The van der Waals surface area contributed by atoms with Crippen molar-refractivity contribution in [3.63, 3.8) is 0 Å². The number of hydrogen-bond acceptors (Lipinski definition) is 9. The molecule has 3 heterocycles. The van der Waals surface area contributed by atoms with Gasteiger partial charge in [0.15, 0.2) is 29.7 Å². The molecular formula is C47H62ClF2N3O8SSi. The molecule has 1 saturated heterocycles. The van der Waals surface area contributed by atoms with Crippen LogP contribution in [-0.4, -0.2) is 98.6 Å². The van der Waals surface area contributed by atoms with Gasteiger partial charge in [0.2, 0.25) is 5.88 Å². The second-order valence-corrected chi connectivity index (χ2v) is 26.8. The van der Waals surface area contributed by atoms with Gasteiger partial charge >= 0.3 is 6.09 Å². The number of sulfone groups is 1. The summed E-state index contributed by atoms with van der Waals surface area (Å²) in [5.41, 5.74) is 3.44. The van der Waals surface area contributed by atoms with Crippen LogP contribution in [0.1, 0.15) is 95.9 Å². The predicted octanol–water partition coefficient (Wildman–Crippen LogP) is 9.88. The van der Waals surface area contributed by atoms with Crippen LogP contribution in [0.15, 0.2) is 54.2 Å².